The maximum Gasteiger partial charge on any atom is 0.120 e. The molecule has 18 heavy (non-hydrogen) atoms. The summed E-state index contributed by atoms with van der Waals surface area (Å²) in [5.74, 6) is 0.261. The van der Waals surface area contributed by atoms with Gasteiger partial charge in [-0.25, -0.2) is 0 Å². The van der Waals surface area contributed by atoms with Crippen LogP contribution in [0.15, 0.2) is 18.2 Å². The topological polar surface area (TPSA) is 52.5 Å². The van der Waals surface area contributed by atoms with Crippen LogP contribution in [0.25, 0.3) is 0 Å². The minimum absolute atomic E-state index is 0.0359. The second kappa shape index (κ2) is 5.91. The van der Waals surface area contributed by atoms with Crippen LogP contribution in [0.3, 0.4) is 0 Å². The first-order valence-electron chi connectivity index (χ1n) is 6.44. The van der Waals surface area contributed by atoms with Crippen LogP contribution in [-0.2, 0) is 6.54 Å². The van der Waals surface area contributed by atoms with Crippen LogP contribution in [0.2, 0.25) is 5.02 Å². The smallest absolute Gasteiger partial charge is 0.120 e. The van der Waals surface area contributed by atoms with Gasteiger partial charge in [0, 0.05) is 35.7 Å². The van der Waals surface area contributed by atoms with Gasteiger partial charge in [0.2, 0.25) is 0 Å². The van der Waals surface area contributed by atoms with Gasteiger partial charge in [-0.1, -0.05) is 24.4 Å². The predicted octanol–water partition coefficient (Wildman–Crippen LogP) is 2.69. The average molecular weight is 270 g/mol. The number of rotatable bonds is 5. The maximum atomic E-state index is 9.70. The molecule has 1 aliphatic rings. The van der Waals surface area contributed by atoms with E-state index in [1.807, 2.05) is 0 Å². The van der Waals surface area contributed by atoms with Crippen molar-refractivity contribution in [1.29, 1.82) is 0 Å². The van der Waals surface area contributed by atoms with Gasteiger partial charge in [-0.3, -0.25) is 0 Å². The highest BCUT2D eigenvalue weighted by atomic mass is 35.5. The summed E-state index contributed by atoms with van der Waals surface area (Å²) in [6, 6.07) is 5.05. The Labute approximate surface area is 113 Å². The van der Waals surface area contributed by atoms with Crippen molar-refractivity contribution in [2.75, 3.05) is 13.2 Å². The first kappa shape index (κ1) is 13.7. The van der Waals surface area contributed by atoms with Crippen LogP contribution >= 0.6 is 11.6 Å². The second-order valence-corrected chi connectivity index (χ2v) is 5.68. The Morgan fingerprint density at radius 3 is 2.67 bits per heavy atom. The normalized spacial score (nSPS) is 18.1. The molecule has 0 aliphatic heterocycles. The van der Waals surface area contributed by atoms with Crippen molar-refractivity contribution in [3.05, 3.63) is 28.8 Å². The van der Waals surface area contributed by atoms with Gasteiger partial charge in [-0.05, 0) is 31.0 Å². The van der Waals surface area contributed by atoms with Crippen LogP contribution in [0.5, 0.6) is 5.75 Å². The third-order valence-electron chi connectivity index (χ3n) is 3.86. The molecule has 0 atom stereocenters. The van der Waals surface area contributed by atoms with Gasteiger partial charge in [0.1, 0.15) is 5.75 Å². The summed E-state index contributed by atoms with van der Waals surface area (Å²) in [7, 11) is 0. The molecule has 4 heteroatoms. The lowest BCUT2D eigenvalue weighted by molar-refractivity contribution is 0.128. The summed E-state index contributed by atoms with van der Waals surface area (Å²) in [6.07, 6.45) is 4.56. The van der Waals surface area contributed by atoms with E-state index in [0.29, 0.717) is 11.6 Å². The van der Waals surface area contributed by atoms with Gasteiger partial charge < -0.3 is 15.5 Å². The maximum absolute atomic E-state index is 9.70. The number of aliphatic hydroxyl groups is 1. The summed E-state index contributed by atoms with van der Waals surface area (Å²) in [5.41, 5.74) is 0.836. The first-order chi connectivity index (χ1) is 8.65. The molecule has 0 radical (unpaired) electrons. The van der Waals surface area contributed by atoms with Gasteiger partial charge >= 0.3 is 0 Å². The van der Waals surface area contributed by atoms with Gasteiger partial charge in [0.15, 0.2) is 0 Å². The third-order valence-corrected chi connectivity index (χ3v) is 4.09. The van der Waals surface area contributed by atoms with Gasteiger partial charge in [0.25, 0.3) is 0 Å². The molecule has 1 saturated carbocycles. The highest BCUT2D eigenvalue weighted by molar-refractivity contribution is 6.30. The number of aliphatic hydroxyl groups excluding tert-OH is 1. The monoisotopic (exact) mass is 269 g/mol. The highest BCUT2D eigenvalue weighted by Gasteiger charge is 2.32. The molecule has 1 fully saturated rings. The fourth-order valence-electron chi connectivity index (χ4n) is 2.67. The number of phenols is 1. The van der Waals surface area contributed by atoms with Crippen molar-refractivity contribution in [2.24, 2.45) is 5.41 Å². The van der Waals surface area contributed by atoms with Crippen LogP contribution in [0, 0.1) is 5.41 Å². The fourth-order valence-corrected chi connectivity index (χ4v) is 2.87. The van der Waals surface area contributed by atoms with Crippen molar-refractivity contribution >= 4 is 11.6 Å². The number of nitrogens with one attached hydrogen (secondary N) is 1. The summed E-state index contributed by atoms with van der Waals surface area (Å²) < 4.78 is 0. The number of hydrogen-bond acceptors (Lipinski definition) is 3. The molecule has 0 spiro atoms. The van der Waals surface area contributed by atoms with Gasteiger partial charge in [-0.15, -0.1) is 0 Å². The molecule has 0 bridgehead atoms. The highest BCUT2D eigenvalue weighted by Crippen LogP contribution is 2.37. The number of benzene rings is 1. The SMILES string of the molecule is OCC1(CNCc2cc(Cl)ccc2O)CCCC1. The standard InChI is InChI=1S/C14H20ClNO2/c15-12-3-4-13(18)11(7-12)8-16-9-14(10-17)5-1-2-6-14/h3-4,7,16-18H,1-2,5-6,8-10H2. The third kappa shape index (κ3) is 3.16. The molecule has 3 nitrogen and oxygen atoms in total. The van der Waals surface area contributed by atoms with Crippen molar-refractivity contribution in [1.82, 2.24) is 5.32 Å². The lowest BCUT2D eigenvalue weighted by Gasteiger charge is -2.26. The molecule has 1 aliphatic carbocycles. The van der Waals surface area contributed by atoms with Crippen LogP contribution in [0.4, 0.5) is 0 Å². The Morgan fingerprint density at radius 1 is 1.28 bits per heavy atom. The van der Waals surface area contributed by atoms with Gasteiger partial charge in [-0.2, -0.15) is 0 Å². The fraction of sp³-hybridized carbons (Fsp3) is 0.571. The lowest BCUT2D eigenvalue weighted by atomic mass is 9.87. The zero-order valence-electron chi connectivity index (χ0n) is 10.5. The van der Waals surface area contributed by atoms with Crippen molar-refractivity contribution < 1.29 is 10.2 Å². The van der Waals surface area contributed by atoms with E-state index in [1.165, 1.54) is 12.8 Å². The molecule has 0 amide bonds. The van der Waals surface area contributed by atoms with Gasteiger partial charge in [0.05, 0.1) is 0 Å². The molecular weight excluding hydrogens is 250 g/mol. The summed E-state index contributed by atoms with van der Waals surface area (Å²) in [5, 5.41) is 23.2. The van der Waals surface area contributed by atoms with E-state index < -0.39 is 0 Å². The summed E-state index contributed by atoms with van der Waals surface area (Å²) in [6.45, 7) is 1.60. The quantitative estimate of drug-likeness (QED) is 0.770. The molecule has 0 saturated heterocycles. The summed E-state index contributed by atoms with van der Waals surface area (Å²) >= 11 is 5.90. The Hall–Kier alpha value is -0.770. The Kier molecular flexibility index (Phi) is 4.49. The van der Waals surface area contributed by atoms with Crippen LogP contribution in [-0.4, -0.2) is 23.4 Å². The van der Waals surface area contributed by atoms with E-state index in [-0.39, 0.29) is 17.8 Å². The zero-order chi connectivity index (χ0) is 13.0. The molecule has 1 aromatic rings. The Bertz CT molecular complexity index is 403. The van der Waals surface area contributed by atoms with E-state index >= 15 is 0 Å². The minimum atomic E-state index is 0.0359. The molecular formula is C14H20ClNO2. The van der Waals surface area contributed by atoms with Crippen molar-refractivity contribution in [3.8, 4) is 5.75 Å². The molecule has 0 aromatic heterocycles. The van der Waals surface area contributed by atoms with E-state index in [1.54, 1.807) is 18.2 Å². The van der Waals surface area contributed by atoms with E-state index in [9.17, 15) is 10.2 Å². The average Bonchev–Trinajstić information content (AvgIpc) is 2.83. The molecule has 3 N–H and O–H groups in total. The molecule has 0 unspecified atom stereocenters. The predicted molar refractivity (Wildman–Crippen MR) is 72.8 cm³/mol. The van der Waals surface area contributed by atoms with Crippen LogP contribution < -0.4 is 5.32 Å². The molecule has 0 heterocycles. The number of phenolic OH excluding ortho intramolecular Hbond substituents is 1. The largest absolute Gasteiger partial charge is 0.508 e. The number of aromatic hydroxyl groups is 1. The molecule has 100 valence electrons. The number of hydrogen-bond donors (Lipinski definition) is 3. The van der Waals surface area contributed by atoms with Crippen molar-refractivity contribution in [3.63, 3.8) is 0 Å². The minimum Gasteiger partial charge on any atom is -0.508 e. The first-order valence-corrected chi connectivity index (χ1v) is 6.82. The van der Waals surface area contributed by atoms with Crippen LogP contribution in [0.1, 0.15) is 31.2 Å². The zero-order valence-corrected chi connectivity index (χ0v) is 11.2. The summed E-state index contributed by atoms with van der Waals surface area (Å²) in [4.78, 5) is 0. The van der Waals surface area contributed by atoms with E-state index in [0.717, 1.165) is 24.9 Å². The molecule has 1 aromatic carbocycles. The second-order valence-electron chi connectivity index (χ2n) is 5.24. The Morgan fingerprint density at radius 2 is 2.00 bits per heavy atom. The number of halogens is 1. The van der Waals surface area contributed by atoms with E-state index in [2.05, 4.69) is 5.32 Å². The lowest BCUT2D eigenvalue weighted by Crippen LogP contribution is -2.34. The Balaban J connectivity index is 1.89. The van der Waals surface area contributed by atoms with E-state index in [4.69, 9.17) is 11.6 Å². The molecule has 2 rings (SSSR count). The van der Waals surface area contributed by atoms with Crippen molar-refractivity contribution in [2.45, 2.75) is 32.2 Å².